The van der Waals surface area contributed by atoms with Crippen LogP contribution in [0.4, 0.5) is 0 Å². The molecule has 1 aliphatic heterocycles. The molecule has 0 unspecified atom stereocenters. The Balaban J connectivity index is 1.77. The average Bonchev–Trinajstić information content (AvgIpc) is 2.97. The van der Waals surface area contributed by atoms with Crippen molar-refractivity contribution in [2.45, 2.75) is 44.3 Å². The number of rotatable bonds is 6. The Kier molecular flexibility index (Phi) is 4.73. The molecule has 5 nitrogen and oxygen atoms in total. The van der Waals surface area contributed by atoms with E-state index in [1.807, 2.05) is 11.2 Å². The highest BCUT2D eigenvalue weighted by Crippen LogP contribution is 2.37. The second-order valence-electron chi connectivity index (χ2n) is 5.62. The molecule has 6 heteroatoms. The summed E-state index contributed by atoms with van der Waals surface area (Å²) in [5.41, 5.74) is 5.82. The lowest BCUT2D eigenvalue weighted by Gasteiger charge is -2.18. The third kappa shape index (κ3) is 3.63. The molecule has 2 amide bonds. The number of carbonyl (C=O) groups is 2. The van der Waals surface area contributed by atoms with Gasteiger partial charge in [-0.2, -0.15) is 11.8 Å². The van der Waals surface area contributed by atoms with Gasteiger partial charge in [0.05, 0.1) is 12.1 Å². The second-order valence-corrected chi connectivity index (χ2v) is 6.61. The van der Waals surface area contributed by atoms with E-state index in [4.69, 9.17) is 5.73 Å². The maximum Gasteiger partial charge on any atom is 0.237 e. The zero-order valence-corrected chi connectivity index (χ0v) is 12.4. The molecule has 0 bridgehead atoms. The standard InChI is InChI=1S/C13H23N3O2S/c1-8-5-11(8)16-7-9(6-12(16)17)15-13(18)10(14)3-4-19-2/h8-11H,3-7,14H2,1-2H3,(H,15,18)/t8-,9+,10-,11+/m0/s1. The summed E-state index contributed by atoms with van der Waals surface area (Å²) in [6, 6.07) is -0.121. The first-order valence-electron chi connectivity index (χ1n) is 6.87. The molecule has 1 saturated carbocycles. The third-order valence-corrected chi connectivity index (χ3v) is 4.59. The van der Waals surface area contributed by atoms with Gasteiger partial charge in [-0.25, -0.2) is 0 Å². The van der Waals surface area contributed by atoms with Gasteiger partial charge in [0.25, 0.3) is 0 Å². The van der Waals surface area contributed by atoms with Crippen molar-refractivity contribution in [3.8, 4) is 0 Å². The van der Waals surface area contributed by atoms with Crippen LogP contribution in [0.1, 0.15) is 26.2 Å². The Morgan fingerprint density at radius 1 is 1.63 bits per heavy atom. The summed E-state index contributed by atoms with van der Waals surface area (Å²) in [5.74, 6) is 1.53. The molecule has 4 atom stereocenters. The van der Waals surface area contributed by atoms with Crippen LogP contribution < -0.4 is 11.1 Å². The summed E-state index contributed by atoms with van der Waals surface area (Å²) >= 11 is 1.68. The molecule has 2 fully saturated rings. The molecule has 2 aliphatic rings. The largest absolute Gasteiger partial charge is 0.350 e. The zero-order chi connectivity index (χ0) is 14.0. The van der Waals surface area contributed by atoms with Crippen LogP contribution in [0.15, 0.2) is 0 Å². The van der Waals surface area contributed by atoms with Gasteiger partial charge in [-0.1, -0.05) is 6.92 Å². The van der Waals surface area contributed by atoms with E-state index >= 15 is 0 Å². The molecular formula is C13H23N3O2S. The van der Waals surface area contributed by atoms with Crippen LogP contribution in [0.25, 0.3) is 0 Å². The Hall–Kier alpha value is -0.750. The number of carbonyl (C=O) groups excluding carboxylic acids is 2. The van der Waals surface area contributed by atoms with Gasteiger partial charge in [0.2, 0.25) is 11.8 Å². The number of nitrogens with two attached hydrogens (primary N) is 1. The lowest BCUT2D eigenvalue weighted by atomic mass is 10.2. The fraction of sp³-hybridized carbons (Fsp3) is 0.846. The summed E-state index contributed by atoms with van der Waals surface area (Å²) in [5, 5.41) is 2.91. The number of hydrogen-bond donors (Lipinski definition) is 2. The van der Waals surface area contributed by atoms with E-state index in [0.29, 0.717) is 31.3 Å². The first-order chi connectivity index (χ1) is 9.02. The van der Waals surface area contributed by atoms with E-state index < -0.39 is 6.04 Å². The van der Waals surface area contributed by atoms with Crippen molar-refractivity contribution < 1.29 is 9.59 Å². The van der Waals surface area contributed by atoms with Gasteiger partial charge in [0.1, 0.15) is 0 Å². The van der Waals surface area contributed by atoms with Crippen molar-refractivity contribution in [3.63, 3.8) is 0 Å². The third-order valence-electron chi connectivity index (χ3n) is 3.94. The van der Waals surface area contributed by atoms with Crippen LogP contribution in [0.5, 0.6) is 0 Å². The van der Waals surface area contributed by atoms with E-state index in [1.165, 1.54) is 0 Å². The van der Waals surface area contributed by atoms with Crippen LogP contribution in [0, 0.1) is 5.92 Å². The van der Waals surface area contributed by atoms with Crippen molar-refractivity contribution in [1.82, 2.24) is 10.2 Å². The van der Waals surface area contributed by atoms with Crippen molar-refractivity contribution in [1.29, 1.82) is 0 Å². The smallest absolute Gasteiger partial charge is 0.237 e. The molecule has 0 aromatic rings. The molecule has 108 valence electrons. The lowest BCUT2D eigenvalue weighted by Crippen LogP contribution is -2.46. The molecule has 19 heavy (non-hydrogen) atoms. The molecular weight excluding hydrogens is 262 g/mol. The lowest BCUT2D eigenvalue weighted by molar-refractivity contribution is -0.128. The van der Waals surface area contributed by atoms with Crippen LogP contribution in [0.2, 0.25) is 0 Å². The van der Waals surface area contributed by atoms with Gasteiger partial charge in [-0.15, -0.1) is 0 Å². The van der Waals surface area contributed by atoms with Crippen molar-refractivity contribution >= 4 is 23.6 Å². The Bertz CT molecular complexity index is 364. The molecule has 0 spiro atoms. The summed E-state index contributed by atoms with van der Waals surface area (Å²) < 4.78 is 0. The van der Waals surface area contributed by atoms with Crippen molar-refractivity contribution in [2.24, 2.45) is 11.7 Å². The van der Waals surface area contributed by atoms with Crippen LogP contribution in [-0.4, -0.2) is 53.4 Å². The molecule has 0 aromatic carbocycles. The predicted octanol–water partition coefficient (Wildman–Crippen LogP) is 0.192. The van der Waals surface area contributed by atoms with Gasteiger partial charge in [-0.05, 0) is 30.8 Å². The predicted molar refractivity (Wildman–Crippen MR) is 76.8 cm³/mol. The van der Waals surface area contributed by atoms with Gasteiger partial charge in [0.15, 0.2) is 0 Å². The fourth-order valence-corrected chi connectivity index (χ4v) is 3.06. The number of thioether (sulfide) groups is 1. The number of likely N-dealkylation sites (tertiary alicyclic amines) is 1. The maximum absolute atomic E-state index is 11.9. The monoisotopic (exact) mass is 285 g/mol. The average molecular weight is 285 g/mol. The number of amides is 2. The Labute approximate surface area is 118 Å². The van der Waals surface area contributed by atoms with Gasteiger partial charge >= 0.3 is 0 Å². The van der Waals surface area contributed by atoms with Gasteiger partial charge < -0.3 is 16.0 Å². The number of hydrogen-bond acceptors (Lipinski definition) is 4. The molecule has 1 aliphatic carbocycles. The first kappa shape index (κ1) is 14.7. The van der Waals surface area contributed by atoms with Crippen molar-refractivity contribution in [2.75, 3.05) is 18.6 Å². The summed E-state index contributed by atoms with van der Waals surface area (Å²) in [6.45, 7) is 2.80. The quantitative estimate of drug-likeness (QED) is 0.730. The van der Waals surface area contributed by atoms with Crippen LogP contribution in [-0.2, 0) is 9.59 Å². The Morgan fingerprint density at radius 2 is 2.32 bits per heavy atom. The normalized spacial score (nSPS) is 31.4. The number of nitrogens with zero attached hydrogens (tertiary/aromatic N) is 1. The minimum atomic E-state index is -0.462. The van der Waals surface area contributed by atoms with E-state index in [-0.39, 0.29) is 17.9 Å². The van der Waals surface area contributed by atoms with Crippen LogP contribution in [0.3, 0.4) is 0 Å². The number of nitrogens with one attached hydrogen (secondary N) is 1. The molecule has 0 radical (unpaired) electrons. The van der Waals surface area contributed by atoms with Crippen LogP contribution >= 0.6 is 11.8 Å². The Morgan fingerprint density at radius 3 is 2.89 bits per heavy atom. The van der Waals surface area contributed by atoms with Gasteiger partial charge in [-0.3, -0.25) is 9.59 Å². The second kappa shape index (κ2) is 6.13. The molecule has 0 aromatic heterocycles. The topological polar surface area (TPSA) is 75.4 Å². The summed E-state index contributed by atoms with van der Waals surface area (Å²) in [6.07, 6.45) is 4.19. The minimum absolute atomic E-state index is 0.0619. The highest BCUT2D eigenvalue weighted by atomic mass is 32.2. The highest BCUT2D eigenvalue weighted by Gasteiger charge is 2.44. The van der Waals surface area contributed by atoms with Gasteiger partial charge in [0, 0.05) is 19.0 Å². The summed E-state index contributed by atoms with van der Waals surface area (Å²) in [4.78, 5) is 25.7. The molecule has 1 saturated heterocycles. The maximum atomic E-state index is 11.9. The first-order valence-corrected chi connectivity index (χ1v) is 8.26. The van der Waals surface area contributed by atoms with E-state index in [0.717, 1.165) is 12.2 Å². The molecule has 1 heterocycles. The van der Waals surface area contributed by atoms with E-state index in [2.05, 4.69) is 12.2 Å². The minimum Gasteiger partial charge on any atom is -0.350 e. The molecule has 3 N–H and O–H groups in total. The highest BCUT2D eigenvalue weighted by molar-refractivity contribution is 7.98. The van der Waals surface area contributed by atoms with E-state index in [1.54, 1.807) is 11.8 Å². The van der Waals surface area contributed by atoms with E-state index in [9.17, 15) is 9.59 Å². The fourth-order valence-electron chi connectivity index (χ4n) is 2.57. The molecule has 2 rings (SSSR count). The van der Waals surface area contributed by atoms with Crippen molar-refractivity contribution in [3.05, 3.63) is 0 Å². The summed E-state index contributed by atoms with van der Waals surface area (Å²) in [7, 11) is 0. The SMILES string of the molecule is CSCC[C@H](N)C(=O)N[C@@H]1CC(=O)N([C@@H]2C[C@@H]2C)C1. The zero-order valence-electron chi connectivity index (χ0n) is 11.6.